The standard InChI is InChI=1S/C38H46O18/c1-2-21-22-14-28(42)49-11-10-19-5-8-24(41)25(13-19)52-20-6-3-18(4-7-20)9-12-50-35(48)23(22)17-51-36(21)56-38-33(47)34(30(44)27(16-40)54-38)55-37-32(46)31(45)29(43)26(15-39)53-37/h2-8,13,17,22,26-27,29-34,36-41,43-47H,9-12,14-16H2,1H3/t22-,26+,27+,29+,30+,31+,32-,33+,34-,36+,37-,38-/m1/s1. The lowest BCUT2D eigenvalue weighted by molar-refractivity contribution is -0.369. The number of aliphatic hydroxyl groups is 7. The van der Waals surface area contributed by atoms with E-state index < -0.39 is 98.8 Å². The summed E-state index contributed by atoms with van der Waals surface area (Å²) in [7, 11) is 0. The quantitative estimate of drug-likeness (QED) is 0.132. The van der Waals surface area contributed by atoms with Crippen molar-refractivity contribution in [1.29, 1.82) is 0 Å². The number of fused-ring (bicyclic) bond motifs is 9. The number of carbonyl (C=O) groups is 2. The molecule has 2 aromatic carbocycles. The Morgan fingerprint density at radius 1 is 0.768 bits per heavy atom. The van der Waals surface area contributed by atoms with E-state index in [1.165, 1.54) is 12.1 Å². The van der Waals surface area contributed by atoms with Gasteiger partial charge in [-0.2, -0.15) is 0 Å². The molecule has 0 aliphatic carbocycles. The third-order valence-corrected chi connectivity index (χ3v) is 9.98. The molecule has 7 rings (SSSR count). The molecule has 0 radical (unpaired) electrons. The molecule has 0 unspecified atom stereocenters. The Hall–Kier alpha value is -4.18. The number of benzene rings is 2. The summed E-state index contributed by atoms with van der Waals surface area (Å²) in [6.07, 6.45) is -15.6. The van der Waals surface area contributed by atoms with Gasteiger partial charge in [-0.15, -0.1) is 0 Å². The molecule has 18 nitrogen and oxygen atoms in total. The molecular weight excluding hydrogens is 744 g/mol. The van der Waals surface area contributed by atoms with Crippen LogP contribution >= 0.6 is 0 Å². The van der Waals surface area contributed by atoms with Crippen LogP contribution in [0, 0.1) is 5.92 Å². The van der Waals surface area contributed by atoms with Crippen LogP contribution in [0.2, 0.25) is 0 Å². The highest BCUT2D eigenvalue weighted by atomic mass is 16.8. The third-order valence-electron chi connectivity index (χ3n) is 9.98. The first-order valence-corrected chi connectivity index (χ1v) is 18.1. The Kier molecular flexibility index (Phi) is 13.6. The van der Waals surface area contributed by atoms with Crippen LogP contribution in [0.25, 0.3) is 0 Å². The van der Waals surface area contributed by atoms with Crippen LogP contribution in [0.1, 0.15) is 24.5 Å². The summed E-state index contributed by atoms with van der Waals surface area (Å²) in [5.41, 5.74) is 1.73. The van der Waals surface area contributed by atoms with E-state index in [-0.39, 0.29) is 48.7 Å². The van der Waals surface area contributed by atoms with Gasteiger partial charge in [0.1, 0.15) is 54.6 Å². The Bertz CT molecular complexity index is 1730. The lowest BCUT2D eigenvalue weighted by Gasteiger charge is -2.46. The zero-order valence-corrected chi connectivity index (χ0v) is 30.2. The monoisotopic (exact) mass is 790 g/mol. The molecular formula is C38H46O18. The maximum Gasteiger partial charge on any atom is 0.337 e. The number of rotatable bonds is 6. The van der Waals surface area contributed by atoms with Crippen molar-refractivity contribution < 1.29 is 88.3 Å². The predicted octanol–water partition coefficient (Wildman–Crippen LogP) is -0.797. The van der Waals surface area contributed by atoms with Gasteiger partial charge in [0, 0.05) is 24.3 Å². The van der Waals surface area contributed by atoms with Crippen LogP contribution < -0.4 is 4.74 Å². The number of allylic oxidation sites excluding steroid dienone is 1. The molecule has 5 aliphatic heterocycles. The molecule has 0 amide bonds. The summed E-state index contributed by atoms with van der Waals surface area (Å²) in [6.45, 7) is -0.0548. The van der Waals surface area contributed by atoms with Gasteiger partial charge < -0.3 is 78.7 Å². The van der Waals surface area contributed by atoms with E-state index >= 15 is 0 Å². The maximum absolute atomic E-state index is 13.5. The zero-order valence-electron chi connectivity index (χ0n) is 30.2. The second-order valence-corrected chi connectivity index (χ2v) is 13.6. The van der Waals surface area contributed by atoms with Crippen LogP contribution in [0.4, 0.5) is 0 Å². The Balaban J connectivity index is 1.22. The highest BCUT2D eigenvalue weighted by Crippen LogP contribution is 2.38. The molecule has 2 saturated heterocycles. The van der Waals surface area contributed by atoms with Crippen molar-refractivity contribution in [3.8, 4) is 17.2 Å². The molecule has 4 bridgehead atoms. The SMILES string of the molecule is CC=C1[C@H](O[C@H]2O[C@@H](CO)[C@H](O)[C@@H](O[C@H]3O[C@@H](CO)[C@H](O)[C@H](O)[C@H]3O)[C@@H]2O)OC=C2C(=O)OCCc3ccc(cc3)Oc3cc(ccc3O)CCOC(=O)C[C@@H]21. The van der Waals surface area contributed by atoms with E-state index in [0.717, 1.165) is 11.8 Å². The van der Waals surface area contributed by atoms with E-state index in [4.69, 9.17) is 37.9 Å². The first-order chi connectivity index (χ1) is 26.9. The molecule has 306 valence electrons. The number of aromatic hydroxyl groups is 1. The number of ether oxygens (including phenoxy) is 8. The number of phenolic OH excluding ortho intramolecular Hbond substituents is 1. The first kappa shape index (κ1) is 41.5. The lowest BCUT2D eigenvalue weighted by Crippen LogP contribution is -2.65. The van der Waals surface area contributed by atoms with Crippen molar-refractivity contribution in [2.75, 3.05) is 26.4 Å². The molecule has 0 aromatic heterocycles. The highest BCUT2D eigenvalue weighted by Gasteiger charge is 2.52. The third kappa shape index (κ3) is 9.17. The molecule has 5 heterocycles. The van der Waals surface area contributed by atoms with Gasteiger partial charge in [0.15, 0.2) is 24.1 Å². The number of carbonyl (C=O) groups excluding carboxylic acids is 2. The zero-order chi connectivity index (χ0) is 40.1. The predicted molar refractivity (Wildman–Crippen MR) is 186 cm³/mol. The molecule has 18 heteroatoms. The number of hydrogen-bond acceptors (Lipinski definition) is 18. The first-order valence-electron chi connectivity index (χ1n) is 18.1. The van der Waals surface area contributed by atoms with Gasteiger partial charge in [-0.25, -0.2) is 4.79 Å². The minimum Gasteiger partial charge on any atom is -0.504 e. The molecule has 8 N–H and O–H groups in total. The van der Waals surface area contributed by atoms with Crippen LogP contribution in [0.15, 0.2) is 65.9 Å². The number of hydrogen-bond donors (Lipinski definition) is 8. The minimum atomic E-state index is -1.88. The summed E-state index contributed by atoms with van der Waals surface area (Å²) in [4.78, 5) is 26.8. The highest BCUT2D eigenvalue weighted by molar-refractivity contribution is 5.91. The van der Waals surface area contributed by atoms with Gasteiger partial charge in [-0.3, -0.25) is 4.79 Å². The smallest absolute Gasteiger partial charge is 0.337 e. The second kappa shape index (κ2) is 18.4. The fraction of sp³-hybridized carbons (Fsp3) is 0.526. The summed E-state index contributed by atoms with van der Waals surface area (Å²) >= 11 is 0. The maximum atomic E-state index is 13.5. The van der Waals surface area contributed by atoms with Gasteiger partial charge in [-0.1, -0.05) is 24.3 Å². The number of esters is 2. The van der Waals surface area contributed by atoms with Gasteiger partial charge in [0.05, 0.1) is 44.7 Å². The lowest BCUT2D eigenvalue weighted by atomic mass is 9.86. The topological polar surface area (TPSA) is 270 Å². The van der Waals surface area contributed by atoms with E-state index in [0.29, 0.717) is 17.7 Å². The van der Waals surface area contributed by atoms with Crippen molar-refractivity contribution in [2.45, 2.75) is 93.9 Å². The summed E-state index contributed by atoms with van der Waals surface area (Å²) in [6, 6.07) is 11.8. The Morgan fingerprint density at radius 2 is 1.41 bits per heavy atom. The van der Waals surface area contributed by atoms with Crippen LogP contribution in [-0.2, 0) is 55.6 Å². The Labute approximate surface area is 320 Å². The van der Waals surface area contributed by atoms with E-state index in [1.807, 2.05) is 0 Å². The fourth-order valence-electron chi connectivity index (χ4n) is 6.79. The van der Waals surface area contributed by atoms with Crippen molar-refractivity contribution in [1.82, 2.24) is 0 Å². The molecule has 2 fully saturated rings. The molecule has 0 saturated carbocycles. The van der Waals surface area contributed by atoms with Crippen LogP contribution in [0.5, 0.6) is 17.2 Å². The van der Waals surface area contributed by atoms with Crippen molar-refractivity contribution >= 4 is 11.9 Å². The van der Waals surface area contributed by atoms with Crippen molar-refractivity contribution in [3.63, 3.8) is 0 Å². The molecule has 5 aliphatic rings. The summed E-state index contributed by atoms with van der Waals surface area (Å²) < 4.78 is 45.5. The van der Waals surface area contributed by atoms with Crippen LogP contribution in [-0.4, -0.2) is 147 Å². The fourth-order valence-corrected chi connectivity index (χ4v) is 6.79. The van der Waals surface area contributed by atoms with E-state index in [2.05, 4.69) is 0 Å². The van der Waals surface area contributed by atoms with Crippen molar-refractivity contribution in [2.24, 2.45) is 5.92 Å². The molecule has 12 atom stereocenters. The molecule has 2 aromatic rings. The summed E-state index contributed by atoms with van der Waals surface area (Å²) in [5, 5.41) is 83.1. The van der Waals surface area contributed by atoms with Gasteiger partial charge in [-0.05, 0) is 42.3 Å². The largest absolute Gasteiger partial charge is 0.504 e. The van der Waals surface area contributed by atoms with Gasteiger partial charge >= 0.3 is 11.9 Å². The average Bonchev–Trinajstić information content (AvgIpc) is 3.19. The van der Waals surface area contributed by atoms with Crippen molar-refractivity contribution in [3.05, 3.63) is 77.1 Å². The average molecular weight is 791 g/mol. The number of aliphatic hydroxyl groups excluding tert-OH is 7. The van der Waals surface area contributed by atoms with Gasteiger partial charge in [0.2, 0.25) is 6.29 Å². The molecule has 0 spiro atoms. The van der Waals surface area contributed by atoms with E-state index in [1.54, 1.807) is 43.3 Å². The number of phenols is 1. The Morgan fingerprint density at radius 3 is 2.11 bits per heavy atom. The van der Waals surface area contributed by atoms with E-state index in [9.17, 15) is 50.4 Å². The second-order valence-electron chi connectivity index (χ2n) is 13.6. The normalized spacial score (nSPS) is 35.1. The minimum absolute atomic E-state index is 0.0302. The van der Waals surface area contributed by atoms with Gasteiger partial charge in [0.25, 0.3) is 0 Å². The summed E-state index contributed by atoms with van der Waals surface area (Å²) in [5.74, 6) is -1.88. The van der Waals surface area contributed by atoms with Crippen LogP contribution in [0.3, 0.4) is 0 Å². The molecule has 56 heavy (non-hydrogen) atoms.